The van der Waals surface area contributed by atoms with E-state index in [9.17, 15) is 4.79 Å². The molecule has 0 saturated heterocycles. The summed E-state index contributed by atoms with van der Waals surface area (Å²) in [6.45, 7) is 4.34. The average molecular weight is 372 g/mol. The maximum Gasteiger partial charge on any atom is 0.261 e. The lowest BCUT2D eigenvalue weighted by atomic mass is 10.0. The highest BCUT2D eigenvalue weighted by atomic mass is 16.2. The van der Waals surface area contributed by atoms with E-state index in [1.807, 2.05) is 41.3 Å². The SMILES string of the molecule is CCN(Cc1ccccc1)c1ncc(C(=O)N2CCCc3ccccc32)cn1. The van der Waals surface area contributed by atoms with Gasteiger partial charge in [0.1, 0.15) is 0 Å². The highest BCUT2D eigenvalue weighted by molar-refractivity contribution is 6.06. The zero-order valence-electron chi connectivity index (χ0n) is 16.1. The molecule has 0 saturated carbocycles. The average Bonchev–Trinajstić information content (AvgIpc) is 2.77. The molecule has 4 rings (SSSR count). The van der Waals surface area contributed by atoms with E-state index in [4.69, 9.17) is 0 Å². The number of aryl methyl sites for hydroxylation is 1. The summed E-state index contributed by atoms with van der Waals surface area (Å²) in [7, 11) is 0. The van der Waals surface area contributed by atoms with Crippen LogP contribution in [0.4, 0.5) is 11.6 Å². The number of hydrogen-bond donors (Lipinski definition) is 0. The molecule has 0 aliphatic carbocycles. The fourth-order valence-corrected chi connectivity index (χ4v) is 3.62. The Morgan fingerprint density at radius 3 is 2.50 bits per heavy atom. The van der Waals surface area contributed by atoms with Crippen molar-refractivity contribution >= 4 is 17.5 Å². The van der Waals surface area contributed by atoms with Crippen LogP contribution in [-0.4, -0.2) is 29.0 Å². The molecule has 0 fully saturated rings. The molecule has 0 spiro atoms. The van der Waals surface area contributed by atoms with Gasteiger partial charge in [0, 0.05) is 37.7 Å². The predicted octanol–water partition coefficient (Wildman–Crippen LogP) is 4.10. The van der Waals surface area contributed by atoms with Crippen LogP contribution in [0, 0.1) is 0 Å². The minimum atomic E-state index is -0.0372. The lowest BCUT2D eigenvalue weighted by Crippen LogP contribution is -2.35. The van der Waals surface area contributed by atoms with Crippen LogP contribution in [-0.2, 0) is 13.0 Å². The van der Waals surface area contributed by atoms with Crippen molar-refractivity contribution in [1.82, 2.24) is 9.97 Å². The first kappa shape index (κ1) is 18.2. The van der Waals surface area contributed by atoms with Gasteiger partial charge in [-0.1, -0.05) is 48.5 Å². The number of hydrogen-bond acceptors (Lipinski definition) is 4. The van der Waals surface area contributed by atoms with E-state index < -0.39 is 0 Å². The van der Waals surface area contributed by atoms with E-state index >= 15 is 0 Å². The molecule has 142 valence electrons. The number of aromatic nitrogens is 2. The molecule has 0 atom stereocenters. The molecule has 1 aliphatic heterocycles. The highest BCUT2D eigenvalue weighted by Gasteiger charge is 2.24. The molecule has 5 nitrogen and oxygen atoms in total. The van der Waals surface area contributed by atoms with Crippen molar-refractivity contribution in [2.75, 3.05) is 22.9 Å². The van der Waals surface area contributed by atoms with Gasteiger partial charge in [-0.3, -0.25) is 4.79 Å². The number of carbonyl (C=O) groups excluding carboxylic acids is 1. The summed E-state index contributed by atoms with van der Waals surface area (Å²) in [6, 6.07) is 18.4. The van der Waals surface area contributed by atoms with E-state index in [0.29, 0.717) is 11.5 Å². The van der Waals surface area contributed by atoms with Gasteiger partial charge in [0.15, 0.2) is 0 Å². The molecule has 0 unspecified atom stereocenters. The molecule has 3 aromatic rings. The number of nitrogens with zero attached hydrogens (tertiary/aromatic N) is 4. The first-order valence-corrected chi connectivity index (χ1v) is 9.77. The molecule has 0 radical (unpaired) electrons. The van der Waals surface area contributed by atoms with Crippen molar-refractivity contribution in [3.8, 4) is 0 Å². The summed E-state index contributed by atoms with van der Waals surface area (Å²) >= 11 is 0. The van der Waals surface area contributed by atoms with Gasteiger partial charge < -0.3 is 9.80 Å². The quantitative estimate of drug-likeness (QED) is 0.677. The number of amides is 1. The van der Waals surface area contributed by atoms with Gasteiger partial charge in [-0.2, -0.15) is 0 Å². The topological polar surface area (TPSA) is 49.3 Å². The molecule has 1 aromatic heterocycles. The van der Waals surface area contributed by atoms with Crippen molar-refractivity contribution in [2.24, 2.45) is 0 Å². The lowest BCUT2D eigenvalue weighted by molar-refractivity contribution is 0.0984. The lowest BCUT2D eigenvalue weighted by Gasteiger charge is -2.29. The summed E-state index contributed by atoms with van der Waals surface area (Å²) in [5, 5.41) is 0. The smallest absolute Gasteiger partial charge is 0.261 e. The largest absolute Gasteiger partial charge is 0.337 e. The summed E-state index contributed by atoms with van der Waals surface area (Å²) < 4.78 is 0. The predicted molar refractivity (Wildman–Crippen MR) is 112 cm³/mol. The van der Waals surface area contributed by atoms with Crippen molar-refractivity contribution in [3.63, 3.8) is 0 Å². The zero-order chi connectivity index (χ0) is 19.3. The highest BCUT2D eigenvalue weighted by Crippen LogP contribution is 2.28. The monoisotopic (exact) mass is 372 g/mol. The van der Waals surface area contributed by atoms with Crippen molar-refractivity contribution in [1.29, 1.82) is 0 Å². The Morgan fingerprint density at radius 1 is 1.04 bits per heavy atom. The van der Waals surface area contributed by atoms with Gasteiger partial charge >= 0.3 is 0 Å². The van der Waals surface area contributed by atoms with Gasteiger partial charge in [-0.05, 0) is 37.0 Å². The van der Waals surface area contributed by atoms with Crippen LogP contribution in [0.5, 0.6) is 0 Å². The number of para-hydroxylation sites is 1. The normalized spacial score (nSPS) is 13.1. The molecule has 2 heterocycles. The maximum absolute atomic E-state index is 13.0. The van der Waals surface area contributed by atoms with Crippen LogP contribution in [0.2, 0.25) is 0 Å². The molecule has 2 aromatic carbocycles. The maximum atomic E-state index is 13.0. The molecule has 0 bridgehead atoms. The summed E-state index contributed by atoms with van der Waals surface area (Å²) in [4.78, 5) is 25.9. The van der Waals surface area contributed by atoms with Crippen LogP contribution in [0.15, 0.2) is 67.0 Å². The van der Waals surface area contributed by atoms with Crippen molar-refractivity contribution in [2.45, 2.75) is 26.3 Å². The minimum Gasteiger partial charge on any atom is -0.337 e. The van der Waals surface area contributed by atoms with Gasteiger partial charge in [-0.15, -0.1) is 0 Å². The Labute approximate surface area is 165 Å². The third-order valence-corrected chi connectivity index (χ3v) is 5.12. The van der Waals surface area contributed by atoms with Gasteiger partial charge in [0.2, 0.25) is 5.95 Å². The Hall–Kier alpha value is -3.21. The number of rotatable bonds is 5. The van der Waals surface area contributed by atoms with E-state index in [-0.39, 0.29) is 5.91 Å². The Balaban J connectivity index is 1.52. The Bertz CT molecular complexity index is 940. The summed E-state index contributed by atoms with van der Waals surface area (Å²) in [6.07, 6.45) is 5.29. The van der Waals surface area contributed by atoms with Crippen molar-refractivity contribution in [3.05, 3.63) is 83.7 Å². The van der Waals surface area contributed by atoms with Gasteiger partial charge in [-0.25, -0.2) is 9.97 Å². The number of benzene rings is 2. The zero-order valence-corrected chi connectivity index (χ0v) is 16.1. The molecule has 5 heteroatoms. The van der Waals surface area contributed by atoms with Crippen LogP contribution in [0.1, 0.15) is 34.8 Å². The summed E-state index contributed by atoms with van der Waals surface area (Å²) in [5.41, 5.74) is 3.95. The third kappa shape index (κ3) is 3.74. The van der Waals surface area contributed by atoms with Crippen LogP contribution in [0.3, 0.4) is 0 Å². The fraction of sp³-hybridized carbons (Fsp3) is 0.261. The van der Waals surface area contributed by atoms with Crippen molar-refractivity contribution < 1.29 is 4.79 Å². The van der Waals surface area contributed by atoms with Crippen LogP contribution >= 0.6 is 0 Å². The van der Waals surface area contributed by atoms with Gasteiger partial charge in [0.25, 0.3) is 5.91 Å². The van der Waals surface area contributed by atoms with E-state index in [0.717, 1.165) is 38.2 Å². The first-order chi connectivity index (χ1) is 13.8. The second-order valence-electron chi connectivity index (χ2n) is 6.96. The fourth-order valence-electron chi connectivity index (χ4n) is 3.62. The molecular formula is C23H24N4O. The summed E-state index contributed by atoms with van der Waals surface area (Å²) in [5.74, 6) is 0.603. The van der Waals surface area contributed by atoms with E-state index in [1.54, 1.807) is 12.4 Å². The molecule has 1 amide bonds. The number of anilines is 2. The van der Waals surface area contributed by atoms with Gasteiger partial charge in [0.05, 0.1) is 5.56 Å². The van der Waals surface area contributed by atoms with E-state index in [2.05, 4.69) is 40.0 Å². The minimum absolute atomic E-state index is 0.0372. The molecular weight excluding hydrogens is 348 g/mol. The third-order valence-electron chi connectivity index (χ3n) is 5.12. The molecule has 1 aliphatic rings. The van der Waals surface area contributed by atoms with Crippen LogP contribution < -0.4 is 9.80 Å². The van der Waals surface area contributed by atoms with Crippen LogP contribution in [0.25, 0.3) is 0 Å². The Kier molecular flexibility index (Phi) is 5.33. The first-order valence-electron chi connectivity index (χ1n) is 9.77. The van der Waals surface area contributed by atoms with E-state index in [1.165, 1.54) is 11.1 Å². The second kappa shape index (κ2) is 8.21. The number of carbonyl (C=O) groups is 1. The molecule has 28 heavy (non-hydrogen) atoms. The standard InChI is InChI=1S/C23H24N4O/c1-2-26(17-18-9-4-3-5-10-18)23-24-15-20(16-25-23)22(28)27-14-8-12-19-11-6-7-13-21(19)27/h3-7,9-11,13,15-16H,2,8,12,14,17H2,1H3. The second-order valence-corrected chi connectivity index (χ2v) is 6.96. The number of fused-ring (bicyclic) bond motifs is 1. The Morgan fingerprint density at radius 2 is 1.75 bits per heavy atom. The molecule has 0 N–H and O–H groups in total.